The van der Waals surface area contributed by atoms with Crippen LogP contribution in [-0.2, 0) is 4.79 Å². The Bertz CT molecular complexity index is 1360. The number of hydrogen-bond donors (Lipinski definition) is 2. The monoisotopic (exact) mass is 551 g/mol. The van der Waals surface area contributed by atoms with Crippen molar-refractivity contribution in [2.75, 3.05) is 55.1 Å². The van der Waals surface area contributed by atoms with Gasteiger partial charge in [-0.2, -0.15) is 0 Å². The Kier molecular flexibility index (Phi) is 10.1. The van der Waals surface area contributed by atoms with Gasteiger partial charge in [-0.1, -0.05) is 12.2 Å². The molecule has 0 spiro atoms. The molecular weight excluding hydrogens is 518 g/mol. The van der Waals surface area contributed by atoms with Crippen LogP contribution in [-0.4, -0.2) is 60.8 Å². The first-order valence-electron chi connectivity index (χ1n) is 12.0. The molecule has 1 amide bonds. The number of ether oxygens (including phenoxy) is 7. The summed E-state index contributed by atoms with van der Waals surface area (Å²) >= 11 is 0. The number of aromatic hydroxyl groups is 1. The van der Waals surface area contributed by atoms with E-state index in [4.69, 9.17) is 33.2 Å². The van der Waals surface area contributed by atoms with Gasteiger partial charge in [0.25, 0.3) is 0 Å². The molecule has 3 aromatic carbocycles. The lowest BCUT2D eigenvalue weighted by Crippen LogP contribution is -2.09. The molecule has 3 rings (SSSR count). The second kappa shape index (κ2) is 13.7. The van der Waals surface area contributed by atoms with E-state index in [1.807, 2.05) is 0 Å². The van der Waals surface area contributed by atoms with Crippen LogP contribution in [0.15, 0.2) is 42.5 Å². The lowest BCUT2D eigenvalue weighted by atomic mass is 10.1. The zero-order valence-electron chi connectivity index (χ0n) is 23.5. The third kappa shape index (κ3) is 6.52. The van der Waals surface area contributed by atoms with Crippen molar-refractivity contribution in [3.63, 3.8) is 0 Å². The molecule has 0 fully saturated rings. The maximum absolute atomic E-state index is 12.9. The van der Waals surface area contributed by atoms with Crippen LogP contribution in [0.1, 0.15) is 16.7 Å². The molecule has 0 radical (unpaired) electrons. The van der Waals surface area contributed by atoms with Gasteiger partial charge in [-0.3, -0.25) is 4.79 Å². The minimum Gasteiger partial charge on any atom is -0.503 e. The molecule has 10 nitrogen and oxygen atoms in total. The first-order chi connectivity index (χ1) is 19.3. The Morgan fingerprint density at radius 2 is 1.07 bits per heavy atom. The number of rotatable bonds is 12. The Balaban J connectivity index is 1.94. The summed E-state index contributed by atoms with van der Waals surface area (Å²) in [6.45, 7) is 0. The third-order valence-electron chi connectivity index (χ3n) is 5.90. The summed E-state index contributed by atoms with van der Waals surface area (Å²) in [7, 11) is 10.6. The molecule has 0 bridgehead atoms. The minimum atomic E-state index is -0.486. The van der Waals surface area contributed by atoms with Crippen LogP contribution < -0.4 is 38.5 Å². The molecule has 0 atom stereocenters. The normalized spacial score (nSPS) is 10.9. The van der Waals surface area contributed by atoms with Crippen molar-refractivity contribution in [3.05, 3.63) is 59.2 Å². The van der Waals surface area contributed by atoms with E-state index in [1.165, 1.54) is 55.8 Å². The number of nitrogens with one attached hydrogen (secondary N) is 1. The number of phenolic OH excluding ortho intramolecular Hbond substituents is 1. The van der Waals surface area contributed by atoms with E-state index >= 15 is 0 Å². The summed E-state index contributed by atoms with van der Waals surface area (Å²) < 4.78 is 37.5. The number of anilines is 1. The molecule has 10 heteroatoms. The van der Waals surface area contributed by atoms with Crippen LogP contribution in [0.25, 0.3) is 18.2 Å². The first-order valence-corrected chi connectivity index (χ1v) is 12.0. The van der Waals surface area contributed by atoms with E-state index in [1.54, 1.807) is 54.6 Å². The van der Waals surface area contributed by atoms with E-state index in [9.17, 15) is 9.90 Å². The van der Waals surface area contributed by atoms with Crippen LogP contribution in [0.2, 0.25) is 0 Å². The standard InChI is InChI=1S/C30H33NO9/c1-34-21-12-11-20(10-8-18-14-22(35-2)29(39-6)23(15-18)36-3)27(28(21)33)31-26(32)13-9-19-16-24(37-4)30(40-7)25(17-19)38-5/h8-17,33H,1-7H3,(H,31,32)/b10-8+,13-9+. The fraction of sp³-hybridized carbons (Fsp3) is 0.233. The van der Waals surface area contributed by atoms with Gasteiger partial charge in [-0.05, 0) is 53.6 Å². The van der Waals surface area contributed by atoms with Gasteiger partial charge in [0, 0.05) is 11.6 Å². The van der Waals surface area contributed by atoms with Gasteiger partial charge in [0.15, 0.2) is 34.5 Å². The number of amides is 1. The van der Waals surface area contributed by atoms with Gasteiger partial charge >= 0.3 is 0 Å². The number of phenols is 1. The van der Waals surface area contributed by atoms with Crippen molar-refractivity contribution in [2.45, 2.75) is 0 Å². The fourth-order valence-electron chi connectivity index (χ4n) is 3.94. The van der Waals surface area contributed by atoms with Crippen LogP contribution >= 0.6 is 0 Å². The van der Waals surface area contributed by atoms with E-state index in [2.05, 4.69) is 5.32 Å². The largest absolute Gasteiger partial charge is 0.503 e. The van der Waals surface area contributed by atoms with Crippen LogP contribution in [0.3, 0.4) is 0 Å². The molecule has 0 aromatic heterocycles. The van der Waals surface area contributed by atoms with E-state index in [0.717, 1.165) is 5.56 Å². The zero-order chi connectivity index (χ0) is 29.2. The second-order valence-corrected chi connectivity index (χ2v) is 8.15. The van der Waals surface area contributed by atoms with Crippen LogP contribution in [0.4, 0.5) is 5.69 Å². The predicted molar refractivity (Wildman–Crippen MR) is 153 cm³/mol. The highest BCUT2D eigenvalue weighted by molar-refractivity contribution is 6.04. The molecule has 0 aliphatic heterocycles. The average molecular weight is 552 g/mol. The highest BCUT2D eigenvalue weighted by atomic mass is 16.5. The number of methoxy groups -OCH3 is 7. The molecular formula is C30H33NO9. The summed E-state index contributed by atoms with van der Waals surface area (Å²) in [5.74, 6) is 2.29. The summed E-state index contributed by atoms with van der Waals surface area (Å²) in [5, 5.41) is 13.6. The fourth-order valence-corrected chi connectivity index (χ4v) is 3.94. The molecule has 40 heavy (non-hydrogen) atoms. The van der Waals surface area contributed by atoms with Gasteiger partial charge < -0.3 is 43.6 Å². The summed E-state index contributed by atoms with van der Waals surface area (Å²) in [5.41, 5.74) is 2.08. The lowest BCUT2D eigenvalue weighted by Gasteiger charge is -2.14. The molecule has 0 saturated carbocycles. The smallest absolute Gasteiger partial charge is 0.248 e. The van der Waals surface area contributed by atoms with Gasteiger partial charge in [-0.15, -0.1) is 0 Å². The van der Waals surface area contributed by atoms with Crippen LogP contribution in [0.5, 0.6) is 46.0 Å². The first kappa shape index (κ1) is 29.6. The lowest BCUT2D eigenvalue weighted by molar-refractivity contribution is -0.111. The van der Waals surface area contributed by atoms with Crippen molar-refractivity contribution < 1.29 is 43.1 Å². The van der Waals surface area contributed by atoms with Gasteiger partial charge in [0.05, 0.1) is 55.5 Å². The van der Waals surface area contributed by atoms with Crippen molar-refractivity contribution in [3.8, 4) is 46.0 Å². The Labute approximate surface area is 233 Å². The summed E-state index contributed by atoms with van der Waals surface area (Å²) in [4.78, 5) is 12.9. The number of hydrogen-bond acceptors (Lipinski definition) is 9. The van der Waals surface area contributed by atoms with E-state index < -0.39 is 5.91 Å². The van der Waals surface area contributed by atoms with Gasteiger partial charge in [0.2, 0.25) is 17.4 Å². The predicted octanol–water partition coefficient (Wildman–Crippen LogP) is 5.27. The average Bonchev–Trinajstić information content (AvgIpc) is 2.98. The van der Waals surface area contributed by atoms with Crippen molar-refractivity contribution in [2.24, 2.45) is 0 Å². The number of carbonyl (C=O) groups excluding carboxylic acids is 1. The summed E-state index contributed by atoms with van der Waals surface area (Å²) in [6.07, 6.45) is 6.43. The van der Waals surface area contributed by atoms with Gasteiger partial charge in [-0.25, -0.2) is 0 Å². The van der Waals surface area contributed by atoms with E-state index in [-0.39, 0.29) is 17.2 Å². The Morgan fingerprint density at radius 3 is 1.50 bits per heavy atom. The molecule has 0 saturated heterocycles. The Hall–Kier alpha value is -4.99. The highest BCUT2D eigenvalue weighted by Gasteiger charge is 2.16. The molecule has 0 unspecified atom stereocenters. The topological polar surface area (TPSA) is 114 Å². The van der Waals surface area contributed by atoms with Crippen molar-refractivity contribution in [1.82, 2.24) is 0 Å². The van der Waals surface area contributed by atoms with Gasteiger partial charge in [0.1, 0.15) is 0 Å². The number of benzene rings is 3. The number of carbonyl (C=O) groups is 1. The molecule has 2 N–H and O–H groups in total. The third-order valence-corrected chi connectivity index (χ3v) is 5.90. The Morgan fingerprint density at radius 1 is 0.625 bits per heavy atom. The van der Waals surface area contributed by atoms with Crippen LogP contribution in [0, 0.1) is 0 Å². The second-order valence-electron chi connectivity index (χ2n) is 8.15. The minimum absolute atomic E-state index is 0.169. The molecule has 3 aromatic rings. The zero-order valence-corrected chi connectivity index (χ0v) is 23.5. The van der Waals surface area contributed by atoms with E-state index in [0.29, 0.717) is 45.6 Å². The highest BCUT2D eigenvalue weighted by Crippen LogP contribution is 2.41. The maximum atomic E-state index is 12.9. The van der Waals surface area contributed by atoms with Crippen molar-refractivity contribution in [1.29, 1.82) is 0 Å². The van der Waals surface area contributed by atoms with Crippen molar-refractivity contribution >= 4 is 29.8 Å². The molecule has 0 aliphatic carbocycles. The SMILES string of the molecule is COc1ccc(/C=C/c2cc(OC)c(OC)c(OC)c2)c(NC(=O)/C=C/c2cc(OC)c(OC)c(OC)c2)c1O. The summed E-state index contributed by atoms with van der Waals surface area (Å²) in [6, 6.07) is 10.3. The molecule has 212 valence electrons. The molecule has 0 aliphatic rings. The maximum Gasteiger partial charge on any atom is 0.248 e. The quantitative estimate of drug-likeness (QED) is 0.176. The molecule has 0 heterocycles.